The Hall–Kier alpha value is 0.440. The van der Waals surface area contributed by atoms with E-state index in [1.807, 2.05) is 0 Å². The molecule has 2 unspecified atom stereocenters. The summed E-state index contributed by atoms with van der Waals surface area (Å²) in [6, 6.07) is 0. The number of halogens is 1. The minimum Gasteiger partial charge on any atom is -0.377 e. The monoisotopic (exact) mass is 276 g/mol. The lowest BCUT2D eigenvalue weighted by Crippen LogP contribution is -2.23. The molecular formula is C13H25BrO. The molecular weight excluding hydrogens is 252 g/mol. The molecule has 90 valence electrons. The second kappa shape index (κ2) is 8.58. The van der Waals surface area contributed by atoms with E-state index in [1.54, 1.807) is 0 Å². The lowest BCUT2D eigenvalue weighted by atomic mass is 10.1. The van der Waals surface area contributed by atoms with Crippen LogP contribution in [0.5, 0.6) is 0 Å². The van der Waals surface area contributed by atoms with E-state index < -0.39 is 0 Å². The van der Waals surface area contributed by atoms with Gasteiger partial charge in [-0.3, -0.25) is 0 Å². The zero-order chi connectivity index (χ0) is 10.9. The number of unbranched alkanes of at least 4 members (excludes halogenated alkanes) is 3. The molecule has 1 saturated carbocycles. The Kier molecular flexibility index (Phi) is 7.72. The van der Waals surface area contributed by atoms with E-state index in [0.717, 1.165) is 6.61 Å². The highest BCUT2D eigenvalue weighted by Gasteiger charge is 2.21. The van der Waals surface area contributed by atoms with Gasteiger partial charge < -0.3 is 4.74 Å². The van der Waals surface area contributed by atoms with Crippen LogP contribution in [0.15, 0.2) is 0 Å². The van der Waals surface area contributed by atoms with Crippen molar-refractivity contribution in [2.75, 3.05) is 6.61 Å². The molecule has 0 aromatic rings. The van der Waals surface area contributed by atoms with Crippen LogP contribution in [0.4, 0.5) is 0 Å². The van der Waals surface area contributed by atoms with Crippen molar-refractivity contribution in [2.24, 2.45) is 0 Å². The third-order valence-corrected chi connectivity index (χ3v) is 4.25. The van der Waals surface area contributed by atoms with Gasteiger partial charge in [0.1, 0.15) is 0 Å². The molecule has 0 N–H and O–H groups in total. The van der Waals surface area contributed by atoms with Crippen LogP contribution in [0, 0.1) is 0 Å². The first-order chi connectivity index (χ1) is 7.34. The van der Waals surface area contributed by atoms with Gasteiger partial charge in [-0.2, -0.15) is 0 Å². The van der Waals surface area contributed by atoms with Crippen LogP contribution in [0.25, 0.3) is 0 Å². The highest BCUT2D eigenvalue weighted by Crippen LogP contribution is 2.26. The van der Waals surface area contributed by atoms with Crippen molar-refractivity contribution in [3.63, 3.8) is 0 Å². The van der Waals surface area contributed by atoms with Crippen molar-refractivity contribution < 1.29 is 4.74 Å². The second-order valence-electron chi connectivity index (χ2n) is 4.62. The van der Waals surface area contributed by atoms with Gasteiger partial charge in [0.15, 0.2) is 0 Å². The minimum atomic E-state index is 0.481. The smallest absolute Gasteiger partial charge is 0.0700 e. The van der Waals surface area contributed by atoms with Gasteiger partial charge in [0.25, 0.3) is 0 Å². The second-order valence-corrected chi connectivity index (χ2v) is 5.80. The highest BCUT2D eigenvalue weighted by atomic mass is 79.9. The Morgan fingerprint density at radius 2 is 1.87 bits per heavy atom. The Morgan fingerprint density at radius 3 is 2.67 bits per heavy atom. The summed E-state index contributed by atoms with van der Waals surface area (Å²) >= 11 is 3.76. The summed E-state index contributed by atoms with van der Waals surface area (Å²) in [6.45, 7) is 3.22. The predicted molar refractivity (Wildman–Crippen MR) is 69.7 cm³/mol. The van der Waals surface area contributed by atoms with Gasteiger partial charge in [0, 0.05) is 11.4 Å². The third kappa shape index (κ3) is 5.91. The average molecular weight is 277 g/mol. The molecule has 0 bridgehead atoms. The highest BCUT2D eigenvalue weighted by molar-refractivity contribution is 9.09. The fraction of sp³-hybridized carbons (Fsp3) is 1.00. The predicted octanol–water partition coefficient (Wildman–Crippen LogP) is 4.68. The zero-order valence-corrected chi connectivity index (χ0v) is 11.6. The van der Waals surface area contributed by atoms with Gasteiger partial charge in [0.2, 0.25) is 0 Å². The largest absolute Gasteiger partial charge is 0.377 e. The number of ether oxygens (including phenoxy) is 1. The number of alkyl halides is 1. The summed E-state index contributed by atoms with van der Waals surface area (Å²) in [5.74, 6) is 0. The first-order valence-corrected chi connectivity index (χ1v) is 7.52. The van der Waals surface area contributed by atoms with E-state index in [-0.39, 0.29) is 0 Å². The van der Waals surface area contributed by atoms with E-state index in [4.69, 9.17) is 4.74 Å². The van der Waals surface area contributed by atoms with Gasteiger partial charge in [-0.1, -0.05) is 61.4 Å². The minimum absolute atomic E-state index is 0.481. The van der Waals surface area contributed by atoms with Gasteiger partial charge >= 0.3 is 0 Å². The maximum Gasteiger partial charge on any atom is 0.0700 e. The fourth-order valence-electron chi connectivity index (χ4n) is 2.18. The molecule has 15 heavy (non-hydrogen) atoms. The molecule has 0 aromatic heterocycles. The summed E-state index contributed by atoms with van der Waals surface area (Å²) in [6.07, 6.45) is 12.4. The SMILES string of the molecule is CCCCCCOC1CCCCCC1Br. The molecule has 2 heteroatoms. The normalized spacial score (nSPS) is 27.6. The molecule has 1 aliphatic carbocycles. The van der Waals surface area contributed by atoms with Crippen LogP contribution in [0.3, 0.4) is 0 Å². The number of hydrogen-bond acceptors (Lipinski definition) is 1. The Balaban J connectivity index is 2.07. The molecule has 1 fully saturated rings. The van der Waals surface area contributed by atoms with Gasteiger partial charge in [-0.15, -0.1) is 0 Å². The molecule has 2 atom stereocenters. The van der Waals surface area contributed by atoms with Crippen LogP contribution in [-0.2, 0) is 4.74 Å². The van der Waals surface area contributed by atoms with Crippen LogP contribution in [-0.4, -0.2) is 17.5 Å². The van der Waals surface area contributed by atoms with E-state index in [1.165, 1.54) is 57.8 Å². The zero-order valence-electron chi connectivity index (χ0n) is 10.0. The Labute approximate surface area is 103 Å². The molecule has 0 aliphatic heterocycles. The van der Waals surface area contributed by atoms with Gasteiger partial charge in [-0.25, -0.2) is 0 Å². The van der Waals surface area contributed by atoms with Crippen LogP contribution >= 0.6 is 15.9 Å². The summed E-state index contributed by atoms with van der Waals surface area (Å²) in [7, 11) is 0. The lowest BCUT2D eigenvalue weighted by molar-refractivity contribution is 0.0459. The van der Waals surface area contributed by atoms with Crippen molar-refractivity contribution in [1.29, 1.82) is 0 Å². The van der Waals surface area contributed by atoms with Crippen LogP contribution in [0.1, 0.15) is 64.7 Å². The van der Waals surface area contributed by atoms with Crippen LogP contribution in [0.2, 0.25) is 0 Å². The van der Waals surface area contributed by atoms with Gasteiger partial charge in [0.05, 0.1) is 6.10 Å². The van der Waals surface area contributed by atoms with Crippen LogP contribution < -0.4 is 0 Å². The maximum atomic E-state index is 5.97. The molecule has 1 aliphatic rings. The molecule has 0 spiro atoms. The standard InChI is InChI=1S/C13H25BrO/c1-2-3-4-8-11-15-13-10-7-5-6-9-12(13)14/h12-13H,2-11H2,1H3. The first kappa shape index (κ1) is 13.5. The lowest BCUT2D eigenvalue weighted by Gasteiger charge is -2.20. The van der Waals surface area contributed by atoms with Gasteiger partial charge in [-0.05, 0) is 19.3 Å². The third-order valence-electron chi connectivity index (χ3n) is 3.20. The summed E-state index contributed by atoms with van der Waals surface area (Å²) in [5.41, 5.74) is 0. The molecule has 0 radical (unpaired) electrons. The Morgan fingerprint density at radius 1 is 1.07 bits per heavy atom. The first-order valence-electron chi connectivity index (χ1n) is 6.60. The quantitative estimate of drug-likeness (QED) is 0.389. The van der Waals surface area contributed by atoms with Crippen molar-refractivity contribution in [3.8, 4) is 0 Å². The van der Waals surface area contributed by atoms with E-state index >= 15 is 0 Å². The number of hydrogen-bond donors (Lipinski definition) is 0. The van der Waals surface area contributed by atoms with E-state index in [0.29, 0.717) is 10.9 Å². The maximum absolute atomic E-state index is 5.97. The van der Waals surface area contributed by atoms with Crippen molar-refractivity contribution in [1.82, 2.24) is 0 Å². The van der Waals surface area contributed by atoms with Crippen molar-refractivity contribution in [2.45, 2.75) is 75.6 Å². The molecule has 0 saturated heterocycles. The summed E-state index contributed by atoms with van der Waals surface area (Å²) < 4.78 is 5.97. The molecule has 1 rings (SSSR count). The topological polar surface area (TPSA) is 9.23 Å². The molecule has 0 aromatic carbocycles. The Bertz CT molecular complexity index is 149. The average Bonchev–Trinajstić information content (AvgIpc) is 2.44. The van der Waals surface area contributed by atoms with Crippen molar-refractivity contribution >= 4 is 15.9 Å². The van der Waals surface area contributed by atoms with E-state index in [2.05, 4.69) is 22.9 Å². The molecule has 0 heterocycles. The fourth-order valence-corrected chi connectivity index (χ4v) is 2.92. The summed E-state index contributed by atoms with van der Waals surface area (Å²) in [5, 5.41) is 0. The molecule has 0 amide bonds. The molecule has 1 nitrogen and oxygen atoms in total. The summed E-state index contributed by atoms with van der Waals surface area (Å²) in [4.78, 5) is 0.603. The number of rotatable bonds is 6. The van der Waals surface area contributed by atoms with Crippen molar-refractivity contribution in [3.05, 3.63) is 0 Å². The van der Waals surface area contributed by atoms with E-state index in [9.17, 15) is 0 Å².